The van der Waals surface area contributed by atoms with Gasteiger partial charge < -0.3 is 10.5 Å². The van der Waals surface area contributed by atoms with Gasteiger partial charge in [-0.2, -0.15) is 0 Å². The van der Waals surface area contributed by atoms with Crippen molar-refractivity contribution in [3.05, 3.63) is 78.6 Å². The molecule has 32 heavy (non-hydrogen) atoms. The number of hydrogen-bond acceptors (Lipinski definition) is 6. The molecule has 0 aliphatic carbocycles. The van der Waals surface area contributed by atoms with Gasteiger partial charge in [-0.15, -0.1) is 11.6 Å². The Labute approximate surface area is 193 Å². The van der Waals surface area contributed by atoms with Crippen LogP contribution < -0.4 is 10.5 Å². The van der Waals surface area contributed by atoms with Gasteiger partial charge in [-0.05, 0) is 48.0 Å². The number of imidazole rings is 1. The second-order valence-corrected chi connectivity index (χ2v) is 7.30. The van der Waals surface area contributed by atoms with Crippen LogP contribution in [0.15, 0.2) is 73.1 Å². The van der Waals surface area contributed by atoms with Crippen molar-refractivity contribution in [3.63, 3.8) is 0 Å². The Balaban J connectivity index is 1.66. The summed E-state index contributed by atoms with van der Waals surface area (Å²) in [4.78, 5) is 18.0. The molecule has 158 valence electrons. The Bertz CT molecular complexity index is 1500. The molecular weight excluding hydrogens is 424 g/mol. The third kappa shape index (κ3) is 3.52. The molecule has 0 amide bonds. The fraction of sp³-hybridized carbons (Fsp3) is 0.0833. The summed E-state index contributed by atoms with van der Waals surface area (Å²) in [6, 6.07) is 18.4. The van der Waals surface area contributed by atoms with Crippen LogP contribution in [0.25, 0.3) is 39.5 Å². The lowest BCUT2D eigenvalue weighted by atomic mass is 10.2. The van der Waals surface area contributed by atoms with Crippen LogP contribution in [0.2, 0.25) is 0 Å². The van der Waals surface area contributed by atoms with Crippen LogP contribution in [0.3, 0.4) is 0 Å². The number of rotatable bonds is 5. The highest BCUT2D eigenvalue weighted by Gasteiger charge is 2.18. The molecule has 8 heteroatoms. The number of anilines is 1. The Morgan fingerprint density at radius 2 is 1.91 bits per heavy atom. The van der Waals surface area contributed by atoms with Crippen LogP contribution in [0.1, 0.15) is 9.68 Å². The van der Waals surface area contributed by atoms with Gasteiger partial charge in [-0.1, -0.05) is 12.1 Å². The number of ether oxygens (including phenoxy) is 1. The summed E-state index contributed by atoms with van der Waals surface area (Å²) < 4.78 is 28.4. The fourth-order valence-corrected chi connectivity index (χ4v) is 3.65. The molecule has 0 unspecified atom stereocenters. The first-order chi connectivity index (χ1) is 16.8. The zero-order valence-corrected chi connectivity index (χ0v) is 17.5. The van der Waals surface area contributed by atoms with Crippen molar-refractivity contribution in [2.75, 3.05) is 12.8 Å². The van der Waals surface area contributed by atoms with E-state index in [1.807, 2.05) is 47.0 Å². The maximum Gasteiger partial charge on any atom is 0.212 e. The first-order valence-electron chi connectivity index (χ1n) is 11.2. The molecule has 0 saturated carbocycles. The maximum atomic E-state index is 7.22. The smallest absolute Gasteiger partial charge is 0.212 e. The molecule has 0 aliphatic rings. The fourth-order valence-electron chi connectivity index (χ4n) is 3.48. The van der Waals surface area contributed by atoms with E-state index in [2.05, 4.69) is 9.97 Å². The SMILES string of the molecule is [2H]C([2H])([2H])Oc1ccc(-c2ccc3nc(-c4cccnc4N)n(-c4ccc(CCl)cc4)c3n2)cn1. The third-order valence-corrected chi connectivity index (χ3v) is 5.38. The summed E-state index contributed by atoms with van der Waals surface area (Å²) >= 11 is 5.98. The molecule has 0 aliphatic heterocycles. The van der Waals surface area contributed by atoms with Gasteiger partial charge in [0.05, 0.1) is 22.4 Å². The number of aromatic nitrogens is 5. The van der Waals surface area contributed by atoms with Gasteiger partial charge in [0.2, 0.25) is 5.88 Å². The molecule has 4 heterocycles. The van der Waals surface area contributed by atoms with E-state index in [0.717, 1.165) is 11.3 Å². The Morgan fingerprint density at radius 3 is 2.62 bits per heavy atom. The molecule has 2 N–H and O–H groups in total. The first-order valence-corrected chi connectivity index (χ1v) is 10.3. The number of benzene rings is 1. The lowest BCUT2D eigenvalue weighted by molar-refractivity contribution is 0.398. The van der Waals surface area contributed by atoms with Crippen LogP contribution in [-0.2, 0) is 5.88 Å². The van der Waals surface area contributed by atoms with Crippen molar-refractivity contribution in [3.8, 4) is 34.2 Å². The van der Waals surface area contributed by atoms with Crippen LogP contribution in [-0.4, -0.2) is 31.5 Å². The summed E-state index contributed by atoms with van der Waals surface area (Å²) in [7, 11) is -2.57. The largest absolute Gasteiger partial charge is 0.481 e. The summed E-state index contributed by atoms with van der Waals surface area (Å²) in [5, 5.41) is 0. The van der Waals surface area contributed by atoms with Gasteiger partial charge in [0.25, 0.3) is 0 Å². The van der Waals surface area contributed by atoms with E-state index in [-0.39, 0.29) is 5.88 Å². The molecule has 4 aromatic heterocycles. The van der Waals surface area contributed by atoms with Crippen molar-refractivity contribution in [1.29, 1.82) is 0 Å². The summed E-state index contributed by atoms with van der Waals surface area (Å²) in [6.07, 6.45) is 3.15. The van der Waals surface area contributed by atoms with E-state index in [0.29, 0.717) is 45.5 Å². The highest BCUT2D eigenvalue weighted by atomic mass is 35.5. The lowest BCUT2D eigenvalue weighted by Crippen LogP contribution is -2.02. The predicted molar refractivity (Wildman–Crippen MR) is 126 cm³/mol. The molecule has 0 bridgehead atoms. The van der Waals surface area contributed by atoms with E-state index >= 15 is 0 Å². The van der Waals surface area contributed by atoms with Gasteiger partial charge in [0.1, 0.15) is 11.3 Å². The standard InChI is InChI=1S/C24H19ClN6O/c1-32-21-11-6-16(14-28-21)19-9-10-20-24(29-19)31(17-7-4-15(13-25)5-8-17)23(30-20)18-3-2-12-27-22(18)26/h2-12,14H,13H2,1H3,(H2,26,27)/i1D3. The van der Waals surface area contributed by atoms with Gasteiger partial charge in [-0.3, -0.25) is 4.57 Å². The third-order valence-electron chi connectivity index (χ3n) is 5.07. The molecule has 5 aromatic rings. The number of pyridine rings is 3. The van der Waals surface area contributed by atoms with Crippen molar-refractivity contribution in [1.82, 2.24) is 24.5 Å². The average molecular weight is 446 g/mol. The van der Waals surface area contributed by atoms with E-state index < -0.39 is 7.04 Å². The molecule has 5 rings (SSSR count). The second-order valence-electron chi connectivity index (χ2n) is 7.03. The van der Waals surface area contributed by atoms with Crippen LogP contribution in [0.4, 0.5) is 5.82 Å². The molecular formula is C24H19ClN6O. The van der Waals surface area contributed by atoms with Gasteiger partial charge in [-0.25, -0.2) is 19.9 Å². The maximum absolute atomic E-state index is 7.22. The number of hydrogen-bond donors (Lipinski definition) is 1. The topological polar surface area (TPSA) is 91.7 Å². The minimum Gasteiger partial charge on any atom is -0.481 e. The summed E-state index contributed by atoms with van der Waals surface area (Å²) in [5.41, 5.74) is 11.3. The highest BCUT2D eigenvalue weighted by molar-refractivity contribution is 6.17. The predicted octanol–water partition coefficient (Wildman–Crippen LogP) is 4.87. The monoisotopic (exact) mass is 445 g/mol. The molecule has 0 radical (unpaired) electrons. The van der Waals surface area contributed by atoms with E-state index in [4.69, 9.17) is 36.2 Å². The van der Waals surface area contributed by atoms with Gasteiger partial charge in [0, 0.05) is 35.6 Å². The quantitative estimate of drug-likeness (QED) is 0.388. The molecule has 0 atom stereocenters. The number of nitrogen functional groups attached to an aromatic ring is 1. The molecule has 0 saturated heterocycles. The number of alkyl halides is 1. The zero-order chi connectivity index (χ0) is 24.6. The molecule has 0 fully saturated rings. The van der Waals surface area contributed by atoms with Crippen LogP contribution in [0, 0.1) is 0 Å². The number of halogens is 1. The average Bonchev–Trinajstić information content (AvgIpc) is 3.22. The van der Waals surface area contributed by atoms with Crippen molar-refractivity contribution in [2.45, 2.75) is 5.88 Å². The number of fused-ring (bicyclic) bond motifs is 1. The number of nitrogens with zero attached hydrogens (tertiary/aromatic N) is 5. The van der Waals surface area contributed by atoms with Gasteiger partial charge in [0.15, 0.2) is 11.5 Å². The van der Waals surface area contributed by atoms with E-state index in [1.54, 1.807) is 18.3 Å². The zero-order valence-electron chi connectivity index (χ0n) is 19.7. The lowest BCUT2D eigenvalue weighted by Gasteiger charge is -2.11. The van der Waals surface area contributed by atoms with Crippen LogP contribution in [0.5, 0.6) is 5.88 Å². The Hall–Kier alpha value is -3.97. The number of nitrogens with two attached hydrogens (primary N) is 1. The summed E-state index contributed by atoms with van der Waals surface area (Å²) in [6.45, 7) is 0. The van der Waals surface area contributed by atoms with Gasteiger partial charge >= 0.3 is 0 Å². The van der Waals surface area contributed by atoms with Crippen molar-refractivity contribution in [2.24, 2.45) is 0 Å². The normalized spacial score (nSPS) is 12.8. The second kappa shape index (κ2) is 8.28. The number of methoxy groups -OCH3 is 1. The highest BCUT2D eigenvalue weighted by Crippen LogP contribution is 2.31. The molecule has 0 spiro atoms. The minimum atomic E-state index is -2.57. The van der Waals surface area contributed by atoms with Crippen molar-refractivity contribution >= 4 is 28.6 Å². The first kappa shape index (κ1) is 16.7. The summed E-state index contributed by atoms with van der Waals surface area (Å²) in [5.74, 6) is 1.38. The van der Waals surface area contributed by atoms with Crippen LogP contribution >= 0.6 is 11.6 Å². The van der Waals surface area contributed by atoms with E-state index in [9.17, 15) is 0 Å². The Morgan fingerprint density at radius 1 is 1.03 bits per heavy atom. The molecule has 7 nitrogen and oxygen atoms in total. The van der Waals surface area contributed by atoms with E-state index in [1.165, 1.54) is 12.3 Å². The minimum absolute atomic E-state index is 0.00795. The van der Waals surface area contributed by atoms with Crippen molar-refractivity contribution < 1.29 is 8.85 Å². The molecule has 1 aromatic carbocycles. The Kier molecular flexibility index (Phi) is 4.32.